The predicted octanol–water partition coefficient (Wildman–Crippen LogP) is 3.28. The minimum atomic E-state index is -0.747. The van der Waals surface area contributed by atoms with Crippen LogP contribution < -0.4 is 14.8 Å². The Morgan fingerprint density at radius 2 is 1.88 bits per heavy atom. The second-order valence-electron chi connectivity index (χ2n) is 5.15. The Hall–Kier alpha value is -3.40. The summed E-state index contributed by atoms with van der Waals surface area (Å²) in [7, 11) is 0. The minimum Gasteiger partial charge on any atom is -0.486 e. The fourth-order valence-corrected chi connectivity index (χ4v) is 2.25. The second-order valence-corrected chi connectivity index (χ2v) is 5.15. The van der Waals surface area contributed by atoms with Crippen molar-refractivity contribution in [2.45, 2.75) is 0 Å². The lowest BCUT2D eigenvalue weighted by atomic mass is 10.1. The Bertz CT molecular complexity index is 904. The van der Waals surface area contributed by atoms with Gasteiger partial charge in [-0.3, -0.25) is 4.79 Å². The number of nitrogens with zero attached hydrogens (tertiary/aromatic N) is 1. The lowest BCUT2D eigenvalue weighted by Crippen LogP contribution is -2.17. The molecule has 0 saturated carbocycles. The zero-order valence-corrected chi connectivity index (χ0v) is 12.9. The summed E-state index contributed by atoms with van der Waals surface area (Å²) in [5, 5.41) is 11.7. The number of ether oxygens (including phenoxy) is 2. The molecule has 0 atom stereocenters. The van der Waals surface area contributed by atoms with Crippen molar-refractivity contribution in [2.75, 3.05) is 18.5 Å². The van der Waals surface area contributed by atoms with E-state index in [1.807, 2.05) is 0 Å². The molecule has 0 fully saturated rings. The van der Waals surface area contributed by atoms with E-state index in [0.717, 1.165) is 24.3 Å². The summed E-state index contributed by atoms with van der Waals surface area (Å²) in [6, 6.07) is 9.25. The maximum Gasteiger partial charge on any atom is 0.266 e. The number of halogens is 2. The van der Waals surface area contributed by atoms with E-state index >= 15 is 0 Å². The van der Waals surface area contributed by atoms with Crippen molar-refractivity contribution in [3.8, 4) is 17.6 Å². The van der Waals surface area contributed by atoms with Crippen LogP contribution in [-0.4, -0.2) is 19.1 Å². The number of carbonyl (C=O) groups excluding carboxylic acids is 1. The van der Waals surface area contributed by atoms with E-state index in [9.17, 15) is 13.6 Å². The number of nitrogens with one attached hydrogen (secondary N) is 1. The monoisotopic (exact) mass is 342 g/mol. The standard InChI is InChI=1S/C18H12F2N2O3/c19-13-1-3-15(20)11(8-13)7-12(10-21)18(23)22-14-2-4-16-17(9-14)25-6-5-24-16/h1-4,7-9H,5-6H2,(H,22,23)/b12-7-. The number of hydrogen-bond donors (Lipinski definition) is 1. The van der Waals surface area contributed by atoms with E-state index in [0.29, 0.717) is 30.4 Å². The van der Waals surface area contributed by atoms with Crippen molar-refractivity contribution in [2.24, 2.45) is 0 Å². The Labute approximate surface area is 142 Å². The Morgan fingerprint density at radius 1 is 1.12 bits per heavy atom. The van der Waals surface area contributed by atoms with Gasteiger partial charge in [0.15, 0.2) is 11.5 Å². The quantitative estimate of drug-likeness (QED) is 0.686. The van der Waals surface area contributed by atoms with Crippen molar-refractivity contribution in [1.29, 1.82) is 5.26 Å². The van der Waals surface area contributed by atoms with Gasteiger partial charge in [-0.05, 0) is 36.4 Å². The fraction of sp³-hybridized carbons (Fsp3) is 0.111. The van der Waals surface area contributed by atoms with Crippen molar-refractivity contribution < 1.29 is 23.0 Å². The van der Waals surface area contributed by atoms with Gasteiger partial charge < -0.3 is 14.8 Å². The van der Waals surface area contributed by atoms with E-state index in [1.165, 1.54) is 0 Å². The van der Waals surface area contributed by atoms with Crippen molar-refractivity contribution in [3.05, 3.63) is 59.2 Å². The fourth-order valence-electron chi connectivity index (χ4n) is 2.25. The Morgan fingerprint density at radius 3 is 2.64 bits per heavy atom. The van der Waals surface area contributed by atoms with Crippen LogP contribution >= 0.6 is 0 Å². The van der Waals surface area contributed by atoms with Crippen LogP contribution in [0.2, 0.25) is 0 Å². The lowest BCUT2D eigenvalue weighted by molar-refractivity contribution is -0.112. The van der Waals surface area contributed by atoms with Crippen molar-refractivity contribution in [1.82, 2.24) is 0 Å². The van der Waals surface area contributed by atoms with Crippen LogP contribution in [-0.2, 0) is 4.79 Å². The first-order valence-corrected chi connectivity index (χ1v) is 7.34. The number of carbonyl (C=O) groups is 1. The maximum atomic E-state index is 13.7. The van der Waals surface area contributed by atoms with Gasteiger partial charge in [-0.25, -0.2) is 8.78 Å². The number of rotatable bonds is 3. The number of nitriles is 1. The molecule has 1 amide bonds. The third-order valence-corrected chi connectivity index (χ3v) is 3.42. The normalized spacial score (nSPS) is 13.1. The van der Waals surface area contributed by atoms with Crippen LogP contribution in [0.1, 0.15) is 5.56 Å². The molecule has 126 valence electrons. The Kier molecular flexibility index (Phi) is 4.61. The molecule has 0 radical (unpaired) electrons. The third-order valence-electron chi connectivity index (χ3n) is 3.42. The van der Waals surface area contributed by atoms with Gasteiger partial charge in [0.25, 0.3) is 5.91 Å². The summed E-state index contributed by atoms with van der Waals surface area (Å²) in [4.78, 5) is 12.2. The molecule has 5 nitrogen and oxygen atoms in total. The summed E-state index contributed by atoms with van der Waals surface area (Å²) >= 11 is 0. The number of benzene rings is 2. The third kappa shape index (κ3) is 3.75. The largest absolute Gasteiger partial charge is 0.486 e. The highest BCUT2D eigenvalue weighted by Crippen LogP contribution is 2.32. The molecule has 1 aliphatic heterocycles. The SMILES string of the molecule is N#C/C(=C/c1cc(F)ccc1F)C(=O)Nc1ccc2c(c1)OCCO2. The Balaban J connectivity index is 1.82. The molecule has 0 unspecified atom stereocenters. The van der Waals surface area contributed by atoms with Crippen LogP contribution in [0.15, 0.2) is 42.0 Å². The molecule has 3 rings (SSSR count). The van der Waals surface area contributed by atoms with Gasteiger partial charge >= 0.3 is 0 Å². The van der Waals surface area contributed by atoms with Crippen LogP contribution in [0, 0.1) is 23.0 Å². The van der Waals surface area contributed by atoms with E-state index in [-0.39, 0.29) is 11.1 Å². The summed E-state index contributed by atoms with van der Waals surface area (Å²) in [5.74, 6) is -1.12. The topological polar surface area (TPSA) is 71.4 Å². The predicted molar refractivity (Wildman–Crippen MR) is 86.0 cm³/mol. The van der Waals surface area contributed by atoms with Crippen LogP contribution in [0.3, 0.4) is 0 Å². The molecular weight excluding hydrogens is 330 g/mol. The highest BCUT2D eigenvalue weighted by molar-refractivity contribution is 6.09. The van der Waals surface area contributed by atoms with Crippen LogP contribution in [0.25, 0.3) is 6.08 Å². The van der Waals surface area contributed by atoms with Gasteiger partial charge in [0, 0.05) is 17.3 Å². The highest BCUT2D eigenvalue weighted by atomic mass is 19.1. The first-order valence-electron chi connectivity index (χ1n) is 7.34. The molecule has 0 bridgehead atoms. The lowest BCUT2D eigenvalue weighted by Gasteiger charge is -2.18. The molecule has 0 aromatic heterocycles. The number of fused-ring (bicyclic) bond motifs is 1. The van der Waals surface area contributed by atoms with Crippen LogP contribution in [0.4, 0.5) is 14.5 Å². The minimum absolute atomic E-state index is 0.186. The van der Waals surface area contributed by atoms with E-state index in [2.05, 4.69) is 5.32 Å². The molecule has 0 spiro atoms. The smallest absolute Gasteiger partial charge is 0.266 e. The average Bonchev–Trinajstić information content (AvgIpc) is 2.62. The highest BCUT2D eigenvalue weighted by Gasteiger charge is 2.15. The maximum absolute atomic E-state index is 13.7. The van der Waals surface area contributed by atoms with Gasteiger partial charge in [-0.15, -0.1) is 0 Å². The summed E-state index contributed by atoms with van der Waals surface area (Å²) in [5.41, 5.74) is -0.164. The van der Waals surface area contributed by atoms with Gasteiger partial charge in [-0.2, -0.15) is 5.26 Å². The van der Waals surface area contributed by atoms with Gasteiger partial charge in [0.05, 0.1) is 0 Å². The van der Waals surface area contributed by atoms with Gasteiger partial charge in [0.2, 0.25) is 0 Å². The summed E-state index contributed by atoms with van der Waals surface area (Å²) < 4.78 is 37.7. The first-order chi connectivity index (χ1) is 12.1. The van der Waals surface area contributed by atoms with Crippen molar-refractivity contribution in [3.63, 3.8) is 0 Å². The molecule has 0 saturated heterocycles. The first kappa shape index (κ1) is 16.5. The molecule has 2 aromatic rings. The molecule has 0 aliphatic carbocycles. The molecule has 1 aliphatic rings. The zero-order chi connectivity index (χ0) is 17.8. The number of anilines is 1. The molecule has 1 heterocycles. The molecule has 25 heavy (non-hydrogen) atoms. The average molecular weight is 342 g/mol. The molecule has 2 aromatic carbocycles. The summed E-state index contributed by atoms with van der Waals surface area (Å²) in [6.07, 6.45) is 0.992. The molecule has 7 heteroatoms. The van der Waals surface area contributed by atoms with E-state index < -0.39 is 17.5 Å². The van der Waals surface area contributed by atoms with Crippen molar-refractivity contribution >= 4 is 17.7 Å². The van der Waals surface area contributed by atoms with E-state index in [1.54, 1.807) is 24.3 Å². The second kappa shape index (κ2) is 7.01. The van der Waals surface area contributed by atoms with Crippen LogP contribution in [0.5, 0.6) is 11.5 Å². The number of hydrogen-bond acceptors (Lipinski definition) is 4. The molecule has 1 N–H and O–H groups in total. The zero-order valence-electron chi connectivity index (χ0n) is 12.9. The van der Waals surface area contributed by atoms with Gasteiger partial charge in [0.1, 0.15) is 36.5 Å². The van der Waals surface area contributed by atoms with E-state index in [4.69, 9.17) is 14.7 Å². The summed E-state index contributed by atoms with van der Waals surface area (Å²) in [6.45, 7) is 0.839. The van der Waals surface area contributed by atoms with Gasteiger partial charge in [-0.1, -0.05) is 0 Å². The number of amides is 1. The molecular formula is C18H12F2N2O3.